The van der Waals surface area contributed by atoms with E-state index in [9.17, 15) is 27.6 Å². The van der Waals surface area contributed by atoms with Gasteiger partial charge in [-0.1, -0.05) is 12.1 Å². The van der Waals surface area contributed by atoms with Crippen LogP contribution in [0.3, 0.4) is 0 Å². The Morgan fingerprint density at radius 1 is 0.867 bits per heavy atom. The molecule has 0 unspecified atom stereocenters. The third kappa shape index (κ3) is 8.69. The zero-order valence-corrected chi connectivity index (χ0v) is 25.1. The minimum Gasteiger partial charge on any atom is -0.497 e. The Kier molecular flexibility index (Phi) is 10.2. The number of halogens is 3. The summed E-state index contributed by atoms with van der Waals surface area (Å²) in [6.45, 7) is 2.89. The minimum atomic E-state index is -4.73. The highest BCUT2D eigenvalue weighted by Crippen LogP contribution is 2.27. The average Bonchev–Trinajstić information content (AvgIpc) is 3.04. The summed E-state index contributed by atoms with van der Waals surface area (Å²) in [6.07, 6.45) is -0.158. The van der Waals surface area contributed by atoms with Crippen LogP contribution in [0, 0.1) is 11.8 Å². The van der Waals surface area contributed by atoms with Crippen LogP contribution >= 0.6 is 0 Å². The Morgan fingerprint density at radius 2 is 1.56 bits per heavy atom. The molecule has 3 heterocycles. The van der Waals surface area contributed by atoms with Gasteiger partial charge in [0.25, 0.3) is 5.91 Å². The summed E-state index contributed by atoms with van der Waals surface area (Å²) >= 11 is 0. The van der Waals surface area contributed by atoms with Gasteiger partial charge in [-0.25, -0.2) is 0 Å². The summed E-state index contributed by atoms with van der Waals surface area (Å²) in [4.78, 5) is 47.1. The molecule has 0 aliphatic carbocycles. The number of carbonyl (C=O) groups is 3. The van der Waals surface area contributed by atoms with Crippen molar-refractivity contribution >= 4 is 17.5 Å². The van der Waals surface area contributed by atoms with E-state index in [4.69, 9.17) is 4.74 Å². The molecule has 5 rings (SSSR count). The number of ether oxygens (including phenoxy) is 2. The highest BCUT2D eigenvalue weighted by molar-refractivity contribution is 5.99. The third-order valence-electron chi connectivity index (χ3n) is 8.55. The molecule has 0 bridgehead atoms. The van der Waals surface area contributed by atoms with Crippen molar-refractivity contribution in [2.24, 2.45) is 11.8 Å². The average molecular weight is 624 g/mol. The van der Waals surface area contributed by atoms with Crippen LogP contribution in [0.25, 0.3) is 0 Å². The number of pyridine rings is 1. The van der Waals surface area contributed by atoms with Gasteiger partial charge in [-0.3, -0.25) is 24.3 Å². The van der Waals surface area contributed by atoms with E-state index in [1.54, 1.807) is 60.5 Å². The zero-order chi connectivity index (χ0) is 32.0. The van der Waals surface area contributed by atoms with Gasteiger partial charge < -0.3 is 14.4 Å². The molecule has 1 aromatic heterocycles. The Balaban J connectivity index is 1.06. The lowest BCUT2D eigenvalue weighted by Gasteiger charge is -2.32. The van der Waals surface area contributed by atoms with Gasteiger partial charge in [0.15, 0.2) is 11.6 Å². The van der Waals surface area contributed by atoms with Gasteiger partial charge in [0, 0.05) is 49.3 Å². The summed E-state index contributed by atoms with van der Waals surface area (Å²) in [6, 6.07) is 16.3. The molecule has 0 atom stereocenters. The topological polar surface area (TPSA) is 89.0 Å². The van der Waals surface area contributed by atoms with E-state index in [1.165, 1.54) is 18.3 Å². The van der Waals surface area contributed by atoms with Gasteiger partial charge in [-0.05, 0) is 98.8 Å². The molecule has 1 amide bonds. The number of benzene rings is 2. The van der Waals surface area contributed by atoms with E-state index >= 15 is 0 Å². The number of likely N-dealkylation sites (tertiary alicyclic amines) is 2. The minimum absolute atomic E-state index is 0.0326. The van der Waals surface area contributed by atoms with Gasteiger partial charge in [-0.2, -0.15) is 0 Å². The smallest absolute Gasteiger partial charge is 0.497 e. The second kappa shape index (κ2) is 14.2. The highest BCUT2D eigenvalue weighted by Gasteiger charge is 2.32. The standard InChI is InChI=1S/C34H36F3N3O5/c1-44-28-8-5-25(6-9-28)32(42)26-13-17-40(18-14-26)33(43)30-10-7-27(21-38-30)31(41)20-23-11-15-39(16-12-23)22-24-3-2-4-29(19-24)45-34(35,36)37/h2-10,19,21,23,26H,11-18,20,22H2,1H3. The lowest BCUT2D eigenvalue weighted by Crippen LogP contribution is -2.40. The number of hydrogen-bond acceptors (Lipinski definition) is 7. The number of methoxy groups -OCH3 is 1. The van der Waals surface area contributed by atoms with E-state index in [1.807, 2.05) is 0 Å². The molecule has 0 N–H and O–H groups in total. The first kappa shape index (κ1) is 32.2. The Bertz CT molecular complexity index is 1480. The van der Waals surface area contributed by atoms with Gasteiger partial charge in [0.05, 0.1) is 7.11 Å². The number of carbonyl (C=O) groups excluding carboxylic acids is 3. The van der Waals surface area contributed by atoms with Gasteiger partial charge in [0.1, 0.15) is 17.2 Å². The fourth-order valence-electron chi connectivity index (χ4n) is 6.01. The number of hydrogen-bond donors (Lipinski definition) is 0. The fraction of sp³-hybridized carbons (Fsp3) is 0.412. The van der Waals surface area contributed by atoms with Crippen molar-refractivity contribution in [3.8, 4) is 11.5 Å². The summed E-state index contributed by atoms with van der Waals surface area (Å²) in [5, 5.41) is 0. The second-order valence-corrected chi connectivity index (χ2v) is 11.6. The number of ketones is 2. The largest absolute Gasteiger partial charge is 0.573 e. The lowest BCUT2D eigenvalue weighted by atomic mass is 9.88. The molecule has 2 fully saturated rings. The molecule has 2 aliphatic rings. The van der Waals surface area contributed by atoms with Gasteiger partial charge in [0.2, 0.25) is 0 Å². The first-order valence-electron chi connectivity index (χ1n) is 15.1. The van der Waals surface area contributed by atoms with Crippen molar-refractivity contribution in [3.05, 3.63) is 89.2 Å². The summed E-state index contributed by atoms with van der Waals surface area (Å²) < 4.78 is 46.8. The maximum Gasteiger partial charge on any atom is 0.573 e. The Labute approximate surface area is 260 Å². The number of piperidine rings is 2. The fourth-order valence-corrected chi connectivity index (χ4v) is 6.01. The van der Waals surface area contributed by atoms with Crippen LogP contribution in [-0.2, 0) is 6.54 Å². The molecule has 45 heavy (non-hydrogen) atoms. The lowest BCUT2D eigenvalue weighted by molar-refractivity contribution is -0.274. The first-order valence-corrected chi connectivity index (χ1v) is 15.1. The Hall–Kier alpha value is -4.25. The number of amides is 1. The number of Topliss-reactive ketones (excluding diaryl/α,β-unsaturated/α-hetero) is 2. The number of aromatic nitrogens is 1. The van der Waals surface area contributed by atoms with E-state index in [0.717, 1.165) is 31.5 Å². The van der Waals surface area contributed by atoms with Crippen molar-refractivity contribution in [1.82, 2.24) is 14.8 Å². The molecule has 0 spiro atoms. The van der Waals surface area contributed by atoms with Crippen LogP contribution < -0.4 is 9.47 Å². The molecule has 0 radical (unpaired) electrons. The molecule has 238 valence electrons. The summed E-state index contributed by atoms with van der Waals surface area (Å²) in [7, 11) is 1.58. The summed E-state index contributed by atoms with van der Waals surface area (Å²) in [5.74, 6) is 0.326. The van der Waals surface area contributed by atoms with E-state index in [-0.39, 0.29) is 40.8 Å². The highest BCUT2D eigenvalue weighted by atomic mass is 19.4. The molecule has 2 saturated heterocycles. The SMILES string of the molecule is COc1ccc(C(=O)C2CCN(C(=O)c3ccc(C(=O)CC4CCN(Cc5cccc(OC(F)(F)F)c5)CC4)cn3)CC2)cc1. The van der Waals surface area contributed by atoms with Crippen LogP contribution in [0.15, 0.2) is 66.9 Å². The quantitative estimate of drug-likeness (QED) is 0.248. The second-order valence-electron chi connectivity index (χ2n) is 11.6. The zero-order valence-electron chi connectivity index (χ0n) is 25.1. The van der Waals surface area contributed by atoms with Crippen molar-refractivity contribution in [1.29, 1.82) is 0 Å². The van der Waals surface area contributed by atoms with Crippen LogP contribution in [0.5, 0.6) is 11.5 Å². The molecule has 11 heteroatoms. The normalized spacial score (nSPS) is 16.8. The molecule has 3 aromatic rings. The van der Waals surface area contributed by atoms with Crippen LogP contribution in [0.2, 0.25) is 0 Å². The Morgan fingerprint density at radius 3 is 2.18 bits per heavy atom. The van der Waals surface area contributed by atoms with Crippen molar-refractivity contribution < 1.29 is 37.0 Å². The number of nitrogens with zero attached hydrogens (tertiary/aromatic N) is 3. The number of rotatable bonds is 10. The summed E-state index contributed by atoms with van der Waals surface area (Å²) in [5.41, 5.74) is 2.10. The number of alkyl halides is 3. The predicted octanol–water partition coefficient (Wildman–Crippen LogP) is 6.21. The maximum atomic E-state index is 13.1. The molecule has 0 saturated carbocycles. The molecule has 2 aliphatic heterocycles. The monoisotopic (exact) mass is 623 g/mol. The van der Waals surface area contributed by atoms with E-state index in [0.29, 0.717) is 55.8 Å². The van der Waals surface area contributed by atoms with E-state index in [2.05, 4.69) is 14.6 Å². The van der Waals surface area contributed by atoms with Crippen LogP contribution in [-0.4, -0.2) is 71.9 Å². The predicted molar refractivity (Wildman–Crippen MR) is 160 cm³/mol. The van der Waals surface area contributed by atoms with E-state index < -0.39 is 6.36 Å². The van der Waals surface area contributed by atoms with Crippen molar-refractivity contribution in [3.63, 3.8) is 0 Å². The molecule has 2 aromatic carbocycles. The third-order valence-corrected chi connectivity index (χ3v) is 8.55. The van der Waals surface area contributed by atoms with Crippen LogP contribution in [0.4, 0.5) is 13.2 Å². The maximum absolute atomic E-state index is 13.1. The van der Waals surface area contributed by atoms with Crippen molar-refractivity contribution in [2.45, 2.75) is 45.0 Å². The first-order chi connectivity index (χ1) is 21.6. The molecular weight excluding hydrogens is 587 g/mol. The van der Waals surface area contributed by atoms with Gasteiger partial charge in [-0.15, -0.1) is 13.2 Å². The van der Waals surface area contributed by atoms with Crippen molar-refractivity contribution in [2.75, 3.05) is 33.3 Å². The van der Waals surface area contributed by atoms with Crippen LogP contribution in [0.1, 0.15) is 68.9 Å². The molecular formula is C34H36F3N3O5. The van der Waals surface area contributed by atoms with Gasteiger partial charge >= 0.3 is 6.36 Å². The molecule has 8 nitrogen and oxygen atoms in total.